The van der Waals surface area contributed by atoms with Crippen molar-refractivity contribution in [3.8, 4) is 80.1 Å². The van der Waals surface area contributed by atoms with Gasteiger partial charge in [-0.3, -0.25) is 38.4 Å². The van der Waals surface area contributed by atoms with Crippen LogP contribution in [0.3, 0.4) is 0 Å². The Morgan fingerprint density at radius 2 is 1.16 bits per heavy atom. The zero-order valence-corrected chi connectivity index (χ0v) is 67.6. The summed E-state index contributed by atoms with van der Waals surface area (Å²) in [6, 6.07) is 4.24. The second-order valence-corrected chi connectivity index (χ2v) is 31.2. The van der Waals surface area contributed by atoms with E-state index in [1.54, 1.807) is 0 Å². The van der Waals surface area contributed by atoms with Gasteiger partial charge in [0.1, 0.15) is 132 Å². The molecule has 7 aromatic carbocycles. The number of nitrogens with one attached hydrogen (secondary N) is 8. The normalized spacial score (nSPS) is 26.2. The zero-order valence-electron chi connectivity index (χ0n) is 66.1. The average molecular weight is 1760 g/mol. The van der Waals surface area contributed by atoms with Crippen LogP contribution in [0.15, 0.2) is 115 Å². The van der Waals surface area contributed by atoms with E-state index in [0.29, 0.717) is 12.8 Å². The van der Waals surface area contributed by atoms with Crippen LogP contribution in [-0.4, -0.2) is 208 Å². The van der Waals surface area contributed by atoms with Crippen molar-refractivity contribution in [2.24, 2.45) is 0 Å². The number of unbranched alkanes of at least 4 members (excludes halogenated alkanes) is 7. The molecule has 0 saturated carbocycles. The molecule has 2 fully saturated rings. The Kier molecular flexibility index (Phi) is 27.5. The molecule has 8 heterocycles. The van der Waals surface area contributed by atoms with E-state index >= 15 is 24.0 Å². The number of hydrogen-bond acceptors (Lipinski definition) is 29. The van der Waals surface area contributed by atoms with Gasteiger partial charge in [-0.05, 0) is 114 Å². The summed E-state index contributed by atoms with van der Waals surface area (Å²) >= 11 is 14.2. The Balaban J connectivity index is 1.04. The monoisotopic (exact) mass is 1760 g/mol. The number of benzene rings is 7. The van der Waals surface area contributed by atoms with Crippen molar-refractivity contribution in [2.75, 3.05) is 13.7 Å². The molecule has 0 aromatic heterocycles. The molecule has 17 bridgehead atoms. The predicted octanol–water partition coefficient (Wildman–Crippen LogP) is 4.51. The van der Waals surface area contributed by atoms with Crippen molar-refractivity contribution in [1.29, 1.82) is 0 Å². The van der Waals surface area contributed by atoms with Gasteiger partial charge in [-0.1, -0.05) is 105 Å². The fourth-order valence-electron chi connectivity index (χ4n) is 15.3. The lowest BCUT2D eigenvalue weighted by Gasteiger charge is -2.41. The summed E-state index contributed by atoms with van der Waals surface area (Å²) < 4.78 is 49.2. The van der Waals surface area contributed by atoms with Gasteiger partial charge in [0.05, 0.1) is 10.0 Å². The number of ether oxygens (including phenoxy) is 8. The Bertz CT molecular complexity index is 5300. The molecule has 124 heavy (non-hydrogen) atoms. The number of carboxylic acids is 2. The minimum atomic E-state index is -2.48. The highest BCUT2D eigenvalue weighted by Crippen LogP contribution is 2.50. The van der Waals surface area contributed by atoms with Crippen molar-refractivity contribution in [1.82, 2.24) is 42.5 Å². The van der Waals surface area contributed by atoms with Crippen LogP contribution in [0.25, 0.3) is 11.1 Å². The summed E-state index contributed by atoms with van der Waals surface area (Å²) in [6.45, 7) is 2.33. The molecule has 0 aliphatic carbocycles. The average Bonchev–Trinajstić information content (AvgIpc) is 0.758. The van der Waals surface area contributed by atoms with E-state index in [1.807, 2.05) is 0 Å². The third kappa shape index (κ3) is 19.5. The SMILES string of the molecule is CCCCCCCCCCC(=O)NC1C(Oc2c3cc4cc2Oc2ccc(cc2Cl)C(O)C2NC(=O)C(NC(=O)C4NC(=O)C4NC(=O)C(Cc5ccc(cc5)O3)NC(=O)C(NC)c3ccc(O)c(c3)Oc3cc(O)c(Cl)c4c3)c3ccc(O)c(c3)-c3c(OC4OC(COC(C)=O)C(O)C(O)C4O)cc(O)cc3C(C(=O)O)NC2=O)OC(C(=O)O)C(O)C1O. The minimum absolute atomic E-state index is 0.154. The number of carbonyl (C=O) groups excluding carboxylic acids is 8. The topological polar surface area (TPSA) is 584 Å². The van der Waals surface area contributed by atoms with E-state index in [4.69, 9.17) is 61.1 Å². The van der Waals surface area contributed by atoms with Crippen LogP contribution in [0.5, 0.6) is 69.0 Å². The fourth-order valence-corrected chi connectivity index (χ4v) is 15.7. The Morgan fingerprint density at radius 3 is 1.85 bits per heavy atom. The second kappa shape index (κ2) is 38.2. The summed E-state index contributed by atoms with van der Waals surface area (Å²) in [7, 11) is 1.42. The van der Waals surface area contributed by atoms with Crippen LogP contribution in [0, 0.1) is 0 Å². The van der Waals surface area contributed by atoms with Gasteiger partial charge in [0.2, 0.25) is 59.7 Å². The van der Waals surface area contributed by atoms with Crippen molar-refractivity contribution < 1.29 is 147 Å². The molecule has 18 atom stereocenters. The largest absolute Gasteiger partial charge is 0.508 e. The number of phenols is 4. The standard InChI is InChI=1S/C84H88Cl2N8O30/c1-4-5-6-7-8-9-10-11-12-57(100)89-66-69(103)71(105)74(82(115)116)124-83(66)123-73-54-27-39-28-55(73)120-51-22-17-38(25-46(51)85)67(101)65-80(112)93-64(81(113)114)44-29-40(96)30-53(121-84-72(106)70(104)68(102)56(122-84)33-117-34(2)95)58(44)43-24-36(15-20-48(43)97)61(77(109)94-65)90-78(110)62(39)91-79(111)63-45-31-42(32-50(99)59(45)86)119-52-26-37(16-21-49(52)98)60(87-3)76(108)88-47(75(107)92-63)23-35-13-18-41(118-54)19-14-35/h13-22,24-32,47,56,60-72,74,83-84,87,96-99,101-106H,4-12,23,33H2,1-3H3,(H,88,108)(H,89,100)(H,90,110)(H,91,111)(H,92,107)(H,93,112)(H,94,109)(H,113,114)(H,115,116). The molecule has 7 amide bonds. The van der Waals surface area contributed by atoms with Gasteiger partial charge in [-0.2, -0.15) is 0 Å². The first-order chi connectivity index (χ1) is 59.2. The summed E-state index contributed by atoms with van der Waals surface area (Å²) in [5.41, 5.74) is -3.38. The van der Waals surface area contributed by atoms with E-state index in [0.717, 1.165) is 118 Å². The third-order valence-corrected chi connectivity index (χ3v) is 22.4. The van der Waals surface area contributed by atoms with E-state index < -0.39 is 277 Å². The maximum atomic E-state index is 16.7. The molecule has 0 radical (unpaired) electrons. The number of phenolic OH excluding ortho intramolecular Hbond substituents is 4. The number of amides is 7. The van der Waals surface area contributed by atoms with E-state index in [9.17, 15) is 85.3 Å². The van der Waals surface area contributed by atoms with Gasteiger partial charge in [-0.15, -0.1) is 0 Å². The van der Waals surface area contributed by atoms with Crippen LogP contribution in [-0.2, 0) is 68.6 Å². The number of fused-ring (bicyclic) bond motifs is 14. The fraction of sp³-hybridized carbons (Fsp3) is 0.381. The Labute approximate surface area is 714 Å². The molecule has 20 N–H and O–H groups in total. The molecule has 15 rings (SSSR count). The van der Waals surface area contributed by atoms with Crippen LogP contribution in [0.4, 0.5) is 0 Å². The van der Waals surface area contributed by atoms with E-state index in [1.165, 1.54) is 49.5 Å². The molecule has 38 nitrogen and oxygen atoms in total. The molecule has 0 spiro atoms. The van der Waals surface area contributed by atoms with Crippen LogP contribution >= 0.6 is 23.2 Å². The third-order valence-electron chi connectivity index (χ3n) is 21.7. The number of carboxylic acid groups (broad SMARTS) is 2. The smallest absolute Gasteiger partial charge is 0.335 e. The van der Waals surface area contributed by atoms with Gasteiger partial charge >= 0.3 is 17.9 Å². The van der Waals surface area contributed by atoms with Crippen LogP contribution in [0.1, 0.15) is 147 Å². The van der Waals surface area contributed by atoms with Crippen LogP contribution < -0.4 is 66.2 Å². The summed E-state index contributed by atoms with van der Waals surface area (Å²) in [6.07, 6.45) is -15.5. The molecule has 8 aliphatic rings. The minimum Gasteiger partial charge on any atom is -0.508 e. The first-order valence-corrected chi connectivity index (χ1v) is 40.2. The number of aliphatic hydroxyl groups is 6. The number of likely N-dealkylation sites (N-methyl/N-ethyl adjacent to an activating group) is 1. The quantitative estimate of drug-likeness (QED) is 0.0391. The summed E-state index contributed by atoms with van der Waals surface area (Å²) in [5.74, 6) is -20.6. The Hall–Kier alpha value is -12.3. The van der Waals surface area contributed by atoms with Crippen LogP contribution in [0.2, 0.25) is 10.0 Å². The number of carbonyl (C=O) groups is 10. The van der Waals surface area contributed by atoms with Gasteiger partial charge < -0.3 is 142 Å². The lowest BCUT2D eigenvalue weighted by atomic mass is 9.89. The van der Waals surface area contributed by atoms with Crippen molar-refractivity contribution in [2.45, 2.75) is 188 Å². The number of esters is 1. The van der Waals surface area contributed by atoms with Crippen molar-refractivity contribution in [3.05, 3.63) is 164 Å². The first kappa shape index (κ1) is 89.4. The van der Waals surface area contributed by atoms with Gasteiger partial charge in [0.15, 0.2) is 35.1 Å². The summed E-state index contributed by atoms with van der Waals surface area (Å²) in [4.78, 5) is 148. The Morgan fingerprint density at radius 1 is 0.524 bits per heavy atom. The van der Waals surface area contributed by atoms with Gasteiger partial charge in [0, 0.05) is 54.2 Å². The molecule has 40 heteroatoms. The molecule has 7 aromatic rings. The molecular weight excluding hydrogens is 1670 g/mol. The summed E-state index contributed by atoms with van der Waals surface area (Å²) in [5, 5.41) is 158. The number of aliphatic hydroxyl groups excluding tert-OH is 6. The number of rotatable bonds is 19. The second-order valence-electron chi connectivity index (χ2n) is 30.4. The van der Waals surface area contributed by atoms with E-state index in [-0.39, 0.29) is 40.4 Å². The lowest BCUT2D eigenvalue weighted by Crippen LogP contribution is -2.66. The highest BCUT2D eigenvalue weighted by atomic mass is 35.5. The molecule has 2 saturated heterocycles. The predicted molar refractivity (Wildman–Crippen MR) is 429 cm³/mol. The number of hydrogen-bond donors (Lipinski definition) is 20. The molecular formula is C84H88Cl2N8O30. The van der Waals surface area contributed by atoms with Crippen molar-refractivity contribution in [3.63, 3.8) is 0 Å². The number of aliphatic carboxylic acids is 2. The molecule has 658 valence electrons. The first-order valence-electron chi connectivity index (χ1n) is 39.4. The van der Waals surface area contributed by atoms with Crippen molar-refractivity contribution >= 4 is 82.5 Å². The highest BCUT2D eigenvalue weighted by molar-refractivity contribution is 6.33. The molecule has 8 aliphatic heterocycles. The maximum absolute atomic E-state index is 16.7. The number of aromatic hydroxyl groups is 4. The highest BCUT2D eigenvalue weighted by Gasteiger charge is 2.52. The maximum Gasteiger partial charge on any atom is 0.335 e. The zero-order chi connectivity index (χ0) is 89.0. The van der Waals surface area contributed by atoms with E-state index in [2.05, 4.69) is 49.5 Å². The molecule has 18 unspecified atom stereocenters. The number of halogens is 2. The lowest BCUT2D eigenvalue weighted by molar-refractivity contribution is -0.278. The van der Waals surface area contributed by atoms with Gasteiger partial charge in [-0.25, -0.2) is 9.59 Å². The van der Waals surface area contributed by atoms with Gasteiger partial charge in [0.25, 0.3) is 0 Å².